The maximum atomic E-state index is 3.95. The minimum Gasteiger partial charge on any atom is -0.380 e. The molecule has 0 saturated carbocycles. The Morgan fingerprint density at radius 1 is 1.29 bits per heavy atom. The molecule has 2 heteroatoms. The lowest BCUT2D eigenvalue weighted by Crippen LogP contribution is -2.17. The van der Waals surface area contributed by atoms with Crippen LogP contribution in [-0.2, 0) is 0 Å². The average Bonchev–Trinajstić information content (AvgIpc) is 2.16. The zero-order chi connectivity index (χ0) is 10.6. The quantitative estimate of drug-likeness (QED) is 0.784. The van der Waals surface area contributed by atoms with E-state index in [1.54, 1.807) is 0 Å². The highest BCUT2D eigenvalue weighted by Crippen LogP contribution is 2.09. The van der Waals surface area contributed by atoms with E-state index in [0.29, 0.717) is 0 Å². The first-order chi connectivity index (χ1) is 6.59. The summed E-state index contributed by atoms with van der Waals surface area (Å²) in [5, 5.41) is 3.31. The van der Waals surface area contributed by atoms with Crippen LogP contribution < -0.4 is 5.32 Å². The van der Waals surface area contributed by atoms with Gasteiger partial charge in [0.2, 0.25) is 0 Å². The summed E-state index contributed by atoms with van der Waals surface area (Å²) in [6.45, 7) is 6.82. The Hall–Kier alpha value is -1.44. The Bertz CT molecular complexity index is 299. The Labute approximate surface area is 86.2 Å². The molecule has 0 aliphatic heterocycles. The monoisotopic (exact) mass is 190 g/mol. The van der Waals surface area contributed by atoms with E-state index in [-0.39, 0.29) is 0 Å². The molecule has 1 N–H and O–H groups in total. The molecule has 1 aromatic rings. The fourth-order valence-electron chi connectivity index (χ4n) is 1.03. The molecule has 0 amide bonds. The molecule has 0 atom stereocenters. The maximum Gasteiger partial charge on any atom is 0.0543 e. The Balaban J connectivity index is 2.46. The van der Waals surface area contributed by atoms with Crippen molar-refractivity contribution in [2.45, 2.75) is 6.92 Å². The van der Waals surface area contributed by atoms with Crippen LogP contribution >= 0.6 is 0 Å². The Morgan fingerprint density at radius 3 is 2.36 bits per heavy atom. The van der Waals surface area contributed by atoms with E-state index in [4.69, 9.17) is 0 Å². The molecule has 1 aromatic carbocycles. The lowest BCUT2D eigenvalue weighted by Gasteiger charge is -2.16. The number of anilines is 1. The first-order valence-corrected chi connectivity index (χ1v) is 4.75. The van der Waals surface area contributed by atoms with Gasteiger partial charge in [-0.05, 0) is 19.1 Å². The zero-order valence-electron chi connectivity index (χ0n) is 9.17. The van der Waals surface area contributed by atoms with Crippen LogP contribution in [0.2, 0.25) is 0 Å². The smallest absolute Gasteiger partial charge is 0.0543 e. The van der Waals surface area contributed by atoms with Gasteiger partial charge in [-0.25, -0.2) is 0 Å². The highest BCUT2D eigenvalue weighted by molar-refractivity contribution is 5.45. The van der Waals surface area contributed by atoms with Gasteiger partial charge in [0, 0.05) is 25.5 Å². The Kier molecular flexibility index (Phi) is 3.57. The molecule has 14 heavy (non-hydrogen) atoms. The molecule has 0 aliphatic rings. The predicted octanol–water partition coefficient (Wildman–Crippen LogP) is 2.48. The van der Waals surface area contributed by atoms with Gasteiger partial charge < -0.3 is 10.2 Å². The molecule has 0 aliphatic carbocycles. The normalized spacial score (nSPS) is 9.64. The van der Waals surface area contributed by atoms with Crippen molar-refractivity contribution in [3.8, 4) is 0 Å². The van der Waals surface area contributed by atoms with Crippen LogP contribution in [-0.4, -0.2) is 25.5 Å². The molecular weight excluding hydrogens is 172 g/mol. The summed E-state index contributed by atoms with van der Waals surface area (Å²) >= 11 is 0. The number of rotatable bonds is 4. The van der Waals surface area contributed by atoms with Crippen molar-refractivity contribution in [1.82, 2.24) is 4.90 Å². The van der Waals surface area contributed by atoms with Gasteiger partial charge in [-0.15, -0.1) is 0 Å². The molecule has 2 nitrogen and oxygen atoms in total. The van der Waals surface area contributed by atoms with Gasteiger partial charge in [0.1, 0.15) is 0 Å². The summed E-state index contributed by atoms with van der Waals surface area (Å²) < 4.78 is 0. The van der Waals surface area contributed by atoms with E-state index in [9.17, 15) is 0 Å². The van der Waals surface area contributed by atoms with Crippen molar-refractivity contribution < 1.29 is 0 Å². The van der Waals surface area contributed by atoms with Gasteiger partial charge in [0.25, 0.3) is 0 Å². The second-order valence-electron chi connectivity index (χ2n) is 3.68. The number of hydrogen-bond donors (Lipinski definition) is 1. The predicted molar refractivity (Wildman–Crippen MR) is 62.5 cm³/mol. The summed E-state index contributed by atoms with van der Waals surface area (Å²) in [4.78, 5) is 2.02. The fraction of sp³-hybridized carbons (Fsp3) is 0.333. The van der Waals surface area contributed by atoms with Gasteiger partial charge in [0.05, 0.1) is 6.54 Å². The van der Waals surface area contributed by atoms with Gasteiger partial charge >= 0.3 is 0 Å². The maximum absolute atomic E-state index is 3.95. The molecule has 76 valence electrons. The zero-order valence-corrected chi connectivity index (χ0v) is 9.17. The second-order valence-corrected chi connectivity index (χ2v) is 3.68. The third-order valence-corrected chi connectivity index (χ3v) is 2.18. The van der Waals surface area contributed by atoms with Crippen LogP contribution in [0.25, 0.3) is 0 Å². The molecule has 0 saturated heterocycles. The van der Waals surface area contributed by atoms with Crippen molar-refractivity contribution in [1.29, 1.82) is 0 Å². The van der Waals surface area contributed by atoms with Crippen LogP contribution in [0.5, 0.6) is 0 Å². The lowest BCUT2D eigenvalue weighted by molar-refractivity contribution is 0.509. The molecule has 0 spiro atoms. The summed E-state index contributed by atoms with van der Waals surface area (Å²) in [6.07, 6.45) is 0. The highest BCUT2D eigenvalue weighted by atomic mass is 15.1. The van der Waals surface area contributed by atoms with Crippen LogP contribution in [0.15, 0.2) is 36.5 Å². The van der Waals surface area contributed by atoms with Gasteiger partial charge in [-0.3, -0.25) is 0 Å². The summed E-state index contributed by atoms with van der Waals surface area (Å²) in [5.74, 6) is 0. The van der Waals surface area contributed by atoms with E-state index in [1.807, 2.05) is 19.0 Å². The average molecular weight is 190 g/mol. The molecule has 1 rings (SSSR count). The van der Waals surface area contributed by atoms with Gasteiger partial charge in [0.15, 0.2) is 0 Å². The molecule has 0 bridgehead atoms. The van der Waals surface area contributed by atoms with Gasteiger partial charge in [-0.1, -0.05) is 24.3 Å². The second kappa shape index (κ2) is 4.70. The number of hydrogen-bond acceptors (Lipinski definition) is 2. The van der Waals surface area contributed by atoms with Crippen molar-refractivity contribution in [2.75, 3.05) is 26.0 Å². The standard InChI is InChI=1S/C12H18N2/c1-10-5-7-12(8-6-10)13-9-11(2)14(3)4/h5-8,13H,2,9H2,1,3-4H3. The molecular formula is C12H18N2. The minimum atomic E-state index is 0.788. The van der Waals surface area contributed by atoms with Crippen LogP contribution in [0, 0.1) is 6.92 Å². The molecule has 0 heterocycles. The van der Waals surface area contributed by atoms with Crippen molar-refractivity contribution in [3.63, 3.8) is 0 Å². The minimum absolute atomic E-state index is 0.788. The molecule has 0 unspecified atom stereocenters. The Morgan fingerprint density at radius 2 is 1.86 bits per heavy atom. The topological polar surface area (TPSA) is 15.3 Å². The van der Waals surface area contributed by atoms with E-state index >= 15 is 0 Å². The first-order valence-electron chi connectivity index (χ1n) is 4.75. The van der Waals surface area contributed by atoms with E-state index in [1.165, 1.54) is 5.56 Å². The number of likely N-dealkylation sites (N-methyl/N-ethyl adjacent to an activating group) is 1. The summed E-state index contributed by atoms with van der Waals surface area (Å²) in [6, 6.07) is 8.36. The van der Waals surface area contributed by atoms with E-state index in [0.717, 1.165) is 17.9 Å². The summed E-state index contributed by atoms with van der Waals surface area (Å²) in [5.41, 5.74) is 3.49. The highest BCUT2D eigenvalue weighted by Gasteiger charge is 1.96. The number of aryl methyl sites for hydroxylation is 1. The number of benzene rings is 1. The largest absolute Gasteiger partial charge is 0.380 e. The van der Waals surface area contributed by atoms with E-state index in [2.05, 4.69) is 43.1 Å². The number of nitrogens with zero attached hydrogens (tertiary/aromatic N) is 1. The molecule has 0 aromatic heterocycles. The SMILES string of the molecule is C=C(CNc1ccc(C)cc1)N(C)C. The number of nitrogens with one attached hydrogen (secondary N) is 1. The van der Waals surface area contributed by atoms with Crippen molar-refractivity contribution >= 4 is 5.69 Å². The molecule has 0 fully saturated rings. The van der Waals surface area contributed by atoms with Crippen molar-refractivity contribution in [3.05, 3.63) is 42.1 Å². The van der Waals surface area contributed by atoms with Crippen LogP contribution in [0.3, 0.4) is 0 Å². The summed E-state index contributed by atoms with van der Waals surface area (Å²) in [7, 11) is 4.00. The third-order valence-electron chi connectivity index (χ3n) is 2.18. The van der Waals surface area contributed by atoms with Gasteiger partial charge in [-0.2, -0.15) is 0 Å². The third kappa shape index (κ3) is 3.13. The fourth-order valence-corrected chi connectivity index (χ4v) is 1.03. The van der Waals surface area contributed by atoms with Crippen molar-refractivity contribution in [2.24, 2.45) is 0 Å². The van der Waals surface area contributed by atoms with Crippen LogP contribution in [0.4, 0.5) is 5.69 Å². The van der Waals surface area contributed by atoms with Crippen LogP contribution in [0.1, 0.15) is 5.56 Å². The van der Waals surface area contributed by atoms with E-state index < -0.39 is 0 Å². The molecule has 0 radical (unpaired) electrons. The first kappa shape index (κ1) is 10.6. The lowest BCUT2D eigenvalue weighted by atomic mass is 10.2.